The molecule has 4 heteroatoms. The van der Waals surface area contributed by atoms with Crippen LogP contribution in [0.4, 0.5) is 11.6 Å². The number of nitrogen functional groups attached to an aromatic ring is 1. The number of hydrogen-bond donors (Lipinski definition) is 1. The molecule has 0 atom stereocenters. The number of nitrogens with zero attached hydrogens (tertiary/aromatic N) is 3. The lowest BCUT2D eigenvalue weighted by atomic mass is 10.3. The molecule has 0 amide bonds. The van der Waals surface area contributed by atoms with Crippen molar-refractivity contribution in [3.05, 3.63) is 12.4 Å². The minimum atomic E-state index is 0.474. The zero-order valence-corrected chi connectivity index (χ0v) is 8.90. The maximum Gasteiger partial charge on any atom is 0.147 e. The van der Waals surface area contributed by atoms with Crippen molar-refractivity contribution in [2.45, 2.75) is 26.7 Å². The van der Waals surface area contributed by atoms with Gasteiger partial charge in [0.2, 0.25) is 0 Å². The lowest BCUT2D eigenvalue weighted by Crippen LogP contribution is -2.25. The fraction of sp³-hybridized carbons (Fsp3) is 0.600. The van der Waals surface area contributed by atoms with E-state index in [-0.39, 0.29) is 0 Å². The summed E-state index contributed by atoms with van der Waals surface area (Å²) in [5.74, 6) is 1.39. The zero-order valence-electron chi connectivity index (χ0n) is 8.90. The van der Waals surface area contributed by atoms with Gasteiger partial charge in [-0.3, -0.25) is 0 Å². The Morgan fingerprint density at radius 1 is 1.14 bits per heavy atom. The Morgan fingerprint density at radius 3 is 2.21 bits per heavy atom. The maximum atomic E-state index is 5.48. The van der Waals surface area contributed by atoms with Gasteiger partial charge >= 0.3 is 0 Å². The number of anilines is 2. The van der Waals surface area contributed by atoms with Gasteiger partial charge in [0.15, 0.2) is 0 Å². The van der Waals surface area contributed by atoms with E-state index in [9.17, 15) is 0 Å². The molecule has 0 aliphatic rings. The lowest BCUT2D eigenvalue weighted by Gasteiger charge is -2.21. The molecule has 0 radical (unpaired) electrons. The third kappa shape index (κ3) is 2.87. The van der Waals surface area contributed by atoms with Gasteiger partial charge in [0.25, 0.3) is 0 Å². The van der Waals surface area contributed by atoms with E-state index in [0.29, 0.717) is 5.82 Å². The average Bonchev–Trinajstić information content (AvgIpc) is 2.19. The average molecular weight is 194 g/mol. The van der Waals surface area contributed by atoms with E-state index in [1.165, 1.54) is 0 Å². The first-order valence-corrected chi connectivity index (χ1v) is 5.10. The summed E-state index contributed by atoms with van der Waals surface area (Å²) in [6.45, 7) is 6.36. The molecule has 1 aromatic rings. The molecular weight excluding hydrogens is 176 g/mol. The van der Waals surface area contributed by atoms with Crippen LogP contribution in [0, 0.1) is 0 Å². The highest BCUT2D eigenvalue weighted by Crippen LogP contribution is 2.10. The Kier molecular flexibility index (Phi) is 4.16. The van der Waals surface area contributed by atoms with E-state index in [0.717, 1.165) is 31.7 Å². The molecule has 0 saturated heterocycles. The fourth-order valence-electron chi connectivity index (χ4n) is 1.38. The van der Waals surface area contributed by atoms with Crippen LogP contribution in [-0.2, 0) is 0 Å². The summed E-state index contributed by atoms with van der Waals surface area (Å²) in [7, 11) is 0. The quantitative estimate of drug-likeness (QED) is 0.775. The molecule has 78 valence electrons. The van der Waals surface area contributed by atoms with Gasteiger partial charge in [0.1, 0.15) is 11.6 Å². The monoisotopic (exact) mass is 194 g/mol. The molecule has 0 unspecified atom stereocenters. The molecule has 14 heavy (non-hydrogen) atoms. The first kappa shape index (κ1) is 10.8. The predicted molar refractivity (Wildman–Crippen MR) is 59.2 cm³/mol. The third-order valence-electron chi connectivity index (χ3n) is 1.97. The molecule has 2 N–H and O–H groups in total. The first-order valence-electron chi connectivity index (χ1n) is 5.10. The molecule has 0 fully saturated rings. The second-order valence-corrected chi connectivity index (χ2v) is 3.29. The van der Waals surface area contributed by atoms with Crippen LogP contribution in [0.5, 0.6) is 0 Å². The van der Waals surface area contributed by atoms with Gasteiger partial charge < -0.3 is 10.6 Å². The summed E-state index contributed by atoms with van der Waals surface area (Å²) >= 11 is 0. The van der Waals surface area contributed by atoms with Crippen molar-refractivity contribution < 1.29 is 0 Å². The van der Waals surface area contributed by atoms with Crippen molar-refractivity contribution >= 4 is 11.6 Å². The van der Waals surface area contributed by atoms with Gasteiger partial charge in [-0.2, -0.15) is 0 Å². The van der Waals surface area contributed by atoms with Gasteiger partial charge in [0, 0.05) is 13.1 Å². The summed E-state index contributed by atoms with van der Waals surface area (Å²) in [6.07, 6.45) is 5.58. The van der Waals surface area contributed by atoms with Crippen LogP contribution in [0.15, 0.2) is 12.4 Å². The molecule has 0 bridgehead atoms. The number of rotatable bonds is 5. The molecule has 0 spiro atoms. The molecule has 0 aliphatic heterocycles. The molecule has 1 rings (SSSR count). The van der Waals surface area contributed by atoms with Gasteiger partial charge in [-0.1, -0.05) is 13.8 Å². The molecular formula is C10H18N4. The van der Waals surface area contributed by atoms with Gasteiger partial charge in [-0.05, 0) is 12.8 Å². The highest BCUT2D eigenvalue weighted by Gasteiger charge is 2.05. The van der Waals surface area contributed by atoms with Gasteiger partial charge in [-0.15, -0.1) is 0 Å². The highest BCUT2D eigenvalue weighted by molar-refractivity contribution is 5.39. The van der Waals surface area contributed by atoms with Crippen molar-refractivity contribution in [2.24, 2.45) is 0 Å². The minimum Gasteiger partial charge on any atom is -0.382 e. The van der Waals surface area contributed by atoms with E-state index in [2.05, 4.69) is 28.7 Å². The van der Waals surface area contributed by atoms with Crippen molar-refractivity contribution in [1.82, 2.24) is 9.97 Å². The van der Waals surface area contributed by atoms with E-state index in [1.54, 1.807) is 12.4 Å². The Bertz CT molecular complexity index is 251. The summed E-state index contributed by atoms with van der Waals surface area (Å²) in [4.78, 5) is 10.5. The van der Waals surface area contributed by atoms with Crippen LogP contribution in [0.1, 0.15) is 26.7 Å². The molecule has 0 aromatic carbocycles. The van der Waals surface area contributed by atoms with Crippen LogP contribution in [-0.4, -0.2) is 23.1 Å². The van der Waals surface area contributed by atoms with Crippen LogP contribution >= 0.6 is 0 Å². The van der Waals surface area contributed by atoms with Crippen molar-refractivity contribution in [2.75, 3.05) is 23.7 Å². The normalized spacial score (nSPS) is 10.1. The second-order valence-electron chi connectivity index (χ2n) is 3.29. The van der Waals surface area contributed by atoms with E-state index in [1.807, 2.05) is 0 Å². The summed E-state index contributed by atoms with van der Waals surface area (Å²) in [6, 6.07) is 0. The molecule has 1 heterocycles. The van der Waals surface area contributed by atoms with E-state index < -0.39 is 0 Å². The molecule has 1 aromatic heterocycles. The maximum absolute atomic E-state index is 5.48. The SMILES string of the molecule is CCCN(CCC)c1cnc(N)cn1. The van der Waals surface area contributed by atoms with Crippen molar-refractivity contribution in [3.63, 3.8) is 0 Å². The second kappa shape index (κ2) is 5.42. The number of nitrogens with two attached hydrogens (primary N) is 1. The fourth-order valence-corrected chi connectivity index (χ4v) is 1.38. The van der Waals surface area contributed by atoms with Crippen molar-refractivity contribution in [1.29, 1.82) is 0 Å². The summed E-state index contributed by atoms with van der Waals surface area (Å²) in [5, 5.41) is 0. The zero-order chi connectivity index (χ0) is 10.4. The first-order chi connectivity index (χ1) is 6.77. The predicted octanol–water partition coefficient (Wildman–Crippen LogP) is 1.69. The highest BCUT2D eigenvalue weighted by atomic mass is 15.2. The van der Waals surface area contributed by atoms with Crippen LogP contribution in [0.3, 0.4) is 0 Å². The summed E-state index contributed by atoms with van der Waals surface area (Å²) < 4.78 is 0. The Balaban J connectivity index is 2.71. The van der Waals surface area contributed by atoms with Gasteiger partial charge in [0.05, 0.1) is 12.4 Å². The van der Waals surface area contributed by atoms with Gasteiger partial charge in [-0.25, -0.2) is 9.97 Å². The topological polar surface area (TPSA) is 55.0 Å². The standard InChI is InChI=1S/C10H18N4/c1-3-5-14(6-4-2)10-8-12-9(11)7-13-10/h7-8H,3-6H2,1-2H3,(H2,11,12). The Labute approximate surface area is 85.2 Å². The van der Waals surface area contributed by atoms with E-state index >= 15 is 0 Å². The van der Waals surface area contributed by atoms with Crippen molar-refractivity contribution in [3.8, 4) is 0 Å². The molecule has 0 aliphatic carbocycles. The van der Waals surface area contributed by atoms with Crippen LogP contribution < -0.4 is 10.6 Å². The van der Waals surface area contributed by atoms with Crippen LogP contribution in [0.25, 0.3) is 0 Å². The largest absolute Gasteiger partial charge is 0.382 e. The number of aromatic nitrogens is 2. The molecule has 4 nitrogen and oxygen atoms in total. The minimum absolute atomic E-state index is 0.474. The number of hydrogen-bond acceptors (Lipinski definition) is 4. The Hall–Kier alpha value is -1.32. The summed E-state index contributed by atoms with van der Waals surface area (Å²) in [5.41, 5.74) is 5.48. The lowest BCUT2D eigenvalue weighted by molar-refractivity contribution is 0.732. The smallest absolute Gasteiger partial charge is 0.147 e. The third-order valence-corrected chi connectivity index (χ3v) is 1.97. The van der Waals surface area contributed by atoms with E-state index in [4.69, 9.17) is 5.73 Å². The van der Waals surface area contributed by atoms with Crippen LogP contribution in [0.2, 0.25) is 0 Å². The molecule has 0 saturated carbocycles. The Morgan fingerprint density at radius 2 is 1.79 bits per heavy atom.